The van der Waals surface area contributed by atoms with Crippen LogP contribution in [0, 0.1) is 6.92 Å². The smallest absolute Gasteiger partial charge is 0.148 e. The average Bonchev–Trinajstić information content (AvgIpc) is 2.41. The van der Waals surface area contributed by atoms with E-state index in [-0.39, 0.29) is 0 Å². The minimum absolute atomic E-state index is 0.410. The standard InChI is InChI=1S/C15H17ClN2O/c1-3-13-14(7-4-10(2)18-13)19-15-8-12(16)6-5-11(15)9-17/h4-8H,3,9,17H2,1-2H3. The predicted octanol–water partition coefficient (Wildman–Crippen LogP) is 3.86. The van der Waals surface area contributed by atoms with E-state index in [1.165, 1.54) is 0 Å². The molecule has 4 heteroatoms. The predicted molar refractivity (Wildman–Crippen MR) is 77.8 cm³/mol. The molecule has 1 heterocycles. The fourth-order valence-corrected chi connectivity index (χ4v) is 2.02. The minimum atomic E-state index is 0.410. The first-order valence-corrected chi connectivity index (χ1v) is 6.64. The molecule has 0 radical (unpaired) electrons. The molecule has 1 aromatic carbocycles. The van der Waals surface area contributed by atoms with Crippen molar-refractivity contribution >= 4 is 11.6 Å². The highest BCUT2D eigenvalue weighted by molar-refractivity contribution is 6.30. The lowest BCUT2D eigenvalue weighted by Gasteiger charge is -2.13. The number of hydrogen-bond donors (Lipinski definition) is 1. The first-order chi connectivity index (χ1) is 9.13. The lowest BCUT2D eigenvalue weighted by Crippen LogP contribution is -2.01. The SMILES string of the molecule is CCc1nc(C)ccc1Oc1cc(Cl)ccc1CN. The summed E-state index contributed by atoms with van der Waals surface area (Å²) in [4.78, 5) is 4.48. The van der Waals surface area contributed by atoms with Gasteiger partial charge in [-0.05, 0) is 37.6 Å². The van der Waals surface area contributed by atoms with Gasteiger partial charge in [-0.1, -0.05) is 24.6 Å². The van der Waals surface area contributed by atoms with Crippen molar-refractivity contribution in [1.82, 2.24) is 4.98 Å². The van der Waals surface area contributed by atoms with E-state index in [4.69, 9.17) is 22.1 Å². The Kier molecular flexibility index (Phi) is 4.40. The van der Waals surface area contributed by atoms with Crippen LogP contribution in [0.25, 0.3) is 0 Å². The molecule has 0 aliphatic heterocycles. The van der Waals surface area contributed by atoms with Crippen LogP contribution in [0.3, 0.4) is 0 Å². The van der Waals surface area contributed by atoms with Gasteiger partial charge in [0.05, 0.1) is 5.69 Å². The van der Waals surface area contributed by atoms with E-state index in [1.54, 1.807) is 6.07 Å². The Hall–Kier alpha value is -1.58. The number of ether oxygens (including phenoxy) is 1. The second kappa shape index (κ2) is 6.04. The second-order valence-electron chi connectivity index (χ2n) is 4.31. The lowest BCUT2D eigenvalue weighted by atomic mass is 10.2. The lowest BCUT2D eigenvalue weighted by molar-refractivity contribution is 0.467. The zero-order chi connectivity index (χ0) is 13.8. The molecule has 0 bridgehead atoms. The van der Waals surface area contributed by atoms with E-state index >= 15 is 0 Å². The number of benzene rings is 1. The van der Waals surface area contributed by atoms with Gasteiger partial charge in [0.2, 0.25) is 0 Å². The molecule has 3 nitrogen and oxygen atoms in total. The van der Waals surface area contributed by atoms with Crippen LogP contribution in [-0.2, 0) is 13.0 Å². The van der Waals surface area contributed by atoms with Crippen LogP contribution in [0.1, 0.15) is 23.9 Å². The van der Waals surface area contributed by atoms with E-state index < -0.39 is 0 Å². The number of aryl methyl sites for hydroxylation is 2. The Bertz CT molecular complexity index is 584. The van der Waals surface area contributed by atoms with Crippen LogP contribution >= 0.6 is 11.6 Å². The molecular formula is C15H17ClN2O. The van der Waals surface area contributed by atoms with Gasteiger partial charge in [0.1, 0.15) is 11.5 Å². The number of hydrogen-bond acceptors (Lipinski definition) is 3. The molecule has 2 aromatic rings. The maximum absolute atomic E-state index is 6.00. The van der Waals surface area contributed by atoms with Gasteiger partial charge in [-0.2, -0.15) is 0 Å². The van der Waals surface area contributed by atoms with Crippen molar-refractivity contribution in [2.75, 3.05) is 0 Å². The van der Waals surface area contributed by atoms with Crippen molar-refractivity contribution in [2.45, 2.75) is 26.8 Å². The first kappa shape index (κ1) is 13.8. The van der Waals surface area contributed by atoms with Gasteiger partial charge >= 0.3 is 0 Å². The molecule has 0 amide bonds. The second-order valence-corrected chi connectivity index (χ2v) is 4.75. The highest BCUT2D eigenvalue weighted by Crippen LogP contribution is 2.30. The molecule has 0 aliphatic rings. The first-order valence-electron chi connectivity index (χ1n) is 6.27. The Morgan fingerprint density at radius 2 is 2.00 bits per heavy atom. The van der Waals surface area contributed by atoms with E-state index in [0.29, 0.717) is 17.3 Å². The van der Waals surface area contributed by atoms with Gasteiger partial charge in [0, 0.05) is 22.8 Å². The van der Waals surface area contributed by atoms with E-state index in [2.05, 4.69) is 11.9 Å². The quantitative estimate of drug-likeness (QED) is 0.922. The third kappa shape index (κ3) is 3.25. The van der Waals surface area contributed by atoms with Gasteiger partial charge in [0.15, 0.2) is 0 Å². The van der Waals surface area contributed by atoms with E-state index in [1.807, 2.05) is 31.2 Å². The maximum atomic E-state index is 6.00. The summed E-state index contributed by atoms with van der Waals surface area (Å²) in [7, 11) is 0. The molecule has 0 saturated heterocycles. The molecular weight excluding hydrogens is 260 g/mol. The fraction of sp³-hybridized carbons (Fsp3) is 0.267. The molecule has 1 aromatic heterocycles. The molecule has 2 rings (SSSR count). The van der Waals surface area contributed by atoms with Crippen LogP contribution in [0.5, 0.6) is 11.5 Å². The molecule has 0 spiro atoms. The topological polar surface area (TPSA) is 48.1 Å². The maximum Gasteiger partial charge on any atom is 0.148 e. The zero-order valence-electron chi connectivity index (χ0n) is 11.1. The van der Waals surface area contributed by atoms with Crippen molar-refractivity contribution in [3.05, 3.63) is 52.3 Å². The Morgan fingerprint density at radius 1 is 1.21 bits per heavy atom. The van der Waals surface area contributed by atoms with Crippen molar-refractivity contribution in [3.63, 3.8) is 0 Å². The highest BCUT2D eigenvalue weighted by atomic mass is 35.5. The van der Waals surface area contributed by atoms with Crippen LogP contribution in [0.4, 0.5) is 0 Å². The molecule has 0 fully saturated rings. The Balaban J connectivity index is 2.38. The molecule has 0 aliphatic carbocycles. The molecule has 0 saturated carbocycles. The van der Waals surface area contributed by atoms with Crippen molar-refractivity contribution < 1.29 is 4.74 Å². The molecule has 0 unspecified atom stereocenters. The largest absolute Gasteiger partial charge is 0.455 e. The van der Waals surface area contributed by atoms with Crippen molar-refractivity contribution in [3.8, 4) is 11.5 Å². The van der Waals surface area contributed by atoms with Gasteiger partial charge in [-0.25, -0.2) is 0 Å². The number of aromatic nitrogens is 1. The summed E-state index contributed by atoms with van der Waals surface area (Å²) in [5, 5.41) is 0.630. The third-order valence-electron chi connectivity index (χ3n) is 2.88. The molecule has 100 valence electrons. The number of pyridine rings is 1. The molecule has 0 atom stereocenters. The van der Waals surface area contributed by atoms with Gasteiger partial charge < -0.3 is 10.5 Å². The van der Waals surface area contributed by atoms with E-state index in [9.17, 15) is 0 Å². The normalized spacial score (nSPS) is 10.5. The number of nitrogens with two attached hydrogens (primary N) is 1. The number of rotatable bonds is 4. The van der Waals surface area contributed by atoms with Crippen LogP contribution in [0.15, 0.2) is 30.3 Å². The number of halogens is 1. The van der Waals surface area contributed by atoms with Crippen molar-refractivity contribution in [1.29, 1.82) is 0 Å². The Morgan fingerprint density at radius 3 is 2.68 bits per heavy atom. The number of nitrogens with zero attached hydrogens (tertiary/aromatic N) is 1. The van der Waals surface area contributed by atoms with Gasteiger partial charge in [-0.3, -0.25) is 4.98 Å². The summed E-state index contributed by atoms with van der Waals surface area (Å²) in [6, 6.07) is 9.34. The van der Waals surface area contributed by atoms with E-state index in [0.717, 1.165) is 29.1 Å². The summed E-state index contributed by atoms with van der Waals surface area (Å²) in [6.45, 7) is 4.43. The summed E-state index contributed by atoms with van der Waals surface area (Å²) in [5.74, 6) is 1.44. The highest BCUT2D eigenvalue weighted by Gasteiger charge is 2.09. The van der Waals surface area contributed by atoms with Crippen LogP contribution in [0.2, 0.25) is 5.02 Å². The van der Waals surface area contributed by atoms with Gasteiger partial charge in [-0.15, -0.1) is 0 Å². The summed E-state index contributed by atoms with van der Waals surface area (Å²) < 4.78 is 5.93. The summed E-state index contributed by atoms with van der Waals surface area (Å²) >= 11 is 6.00. The summed E-state index contributed by atoms with van der Waals surface area (Å²) in [5.41, 5.74) is 8.55. The van der Waals surface area contributed by atoms with Gasteiger partial charge in [0.25, 0.3) is 0 Å². The Labute approximate surface area is 118 Å². The minimum Gasteiger partial charge on any atom is -0.455 e. The van der Waals surface area contributed by atoms with Crippen LogP contribution in [-0.4, -0.2) is 4.98 Å². The molecule has 2 N–H and O–H groups in total. The zero-order valence-corrected chi connectivity index (χ0v) is 11.9. The van der Waals surface area contributed by atoms with Crippen LogP contribution < -0.4 is 10.5 Å². The monoisotopic (exact) mass is 276 g/mol. The fourth-order valence-electron chi connectivity index (χ4n) is 1.85. The van der Waals surface area contributed by atoms with Crippen molar-refractivity contribution in [2.24, 2.45) is 5.73 Å². The average molecular weight is 277 g/mol. The molecule has 19 heavy (non-hydrogen) atoms. The third-order valence-corrected chi connectivity index (χ3v) is 3.11. The summed E-state index contributed by atoms with van der Waals surface area (Å²) in [6.07, 6.45) is 0.815.